The first-order valence-electron chi connectivity index (χ1n) is 25.9. The molecule has 90 heavy (non-hydrogen) atoms. The minimum absolute atomic E-state index is 0.0125. The number of carboxylic acids is 2. The van der Waals surface area contributed by atoms with Gasteiger partial charge in [-0.3, -0.25) is 36.9 Å². The Labute approximate surface area is 522 Å². The van der Waals surface area contributed by atoms with E-state index in [0.717, 1.165) is 0 Å². The van der Waals surface area contributed by atoms with Crippen molar-refractivity contribution in [3.05, 3.63) is 25.3 Å². The molecule has 12 atom stereocenters. The minimum Gasteiger partial charge on any atom is -0.748 e. The van der Waals surface area contributed by atoms with Crippen LogP contribution in [-0.2, 0) is 102 Å². The van der Waals surface area contributed by atoms with Crippen LogP contribution in [0.2, 0.25) is 0 Å². The maximum Gasteiger partial charge on any atom is 0.320 e. The number of ether oxygens (including phenoxy) is 2. The third-order valence-corrected chi connectivity index (χ3v) is 20.7. The summed E-state index contributed by atoms with van der Waals surface area (Å²) >= 11 is 0. The normalized spacial score (nSPS) is 21.9. The lowest BCUT2D eigenvalue weighted by Crippen LogP contribution is -2.37. The molecule has 2 saturated heterocycles. The number of aliphatic hydroxyl groups is 4. The van der Waals surface area contributed by atoms with E-state index in [4.69, 9.17) is 60.8 Å². The predicted octanol–water partition coefficient (Wildman–Crippen LogP) is -5.90. The van der Waals surface area contributed by atoms with E-state index in [0.29, 0.717) is 58.2 Å². The van der Waals surface area contributed by atoms with Gasteiger partial charge in [0.25, 0.3) is 40.5 Å². The van der Waals surface area contributed by atoms with Crippen LogP contribution in [0, 0.1) is 0 Å². The number of fused-ring (bicyclic) bond motifs is 2. The van der Waals surface area contributed by atoms with Gasteiger partial charge < -0.3 is 72.2 Å². The molecule has 0 amide bonds. The number of carboxylic acid groups (broad SMARTS) is 2. The Kier molecular flexibility index (Phi) is 32.8. The topological polar surface area (TPSA) is 697 Å². The molecule has 2 fully saturated rings. The van der Waals surface area contributed by atoms with Crippen LogP contribution in [0.25, 0.3) is 22.3 Å². The Balaban J connectivity index is 0.000000408. The van der Waals surface area contributed by atoms with Crippen molar-refractivity contribution in [1.82, 2.24) is 39.0 Å². The van der Waals surface area contributed by atoms with Crippen molar-refractivity contribution in [2.75, 3.05) is 81.5 Å². The third-order valence-electron chi connectivity index (χ3n) is 12.2. The van der Waals surface area contributed by atoms with E-state index in [9.17, 15) is 89.6 Å². The highest BCUT2D eigenvalue weighted by Crippen LogP contribution is 2.34. The van der Waals surface area contributed by atoms with Gasteiger partial charge in [0.15, 0.2) is 35.4 Å². The maximum absolute atomic E-state index is 10.8. The predicted molar refractivity (Wildman–Crippen MR) is 320 cm³/mol. The molecule has 0 saturated carbocycles. The number of nitrogens with two attached hydrogens (primary N) is 4. The number of hydrogen-bond donors (Lipinski definition) is 14. The lowest BCUT2D eigenvalue weighted by molar-refractivity contribution is -0.139. The molecule has 40 nitrogen and oxygen atoms in total. The number of anilines is 2. The Hall–Kier alpha value is -4.52. The van der Waals surface area contributed by atoms with Crippen molar-refractivity contribution in [1.29, 1.82) is 0 Å². The van der Waals surface area contributed by atoms with Gasteiger partial charge in [0.2, 0.25) is 0 Å². The van der Waals surface area contributed by atoms with Gasteiger partial charge in [-0.05, 0) is 60.3 Å². The van der Waals surface area contributed by atoms with E-state index >= 15 is 0 Å². The van der Waals surface area contributed by atoms with Gasteiger partial charge in [-0.1, -0.05) is 0 Å². The zero-order valence-corrected chi connectivity index (χ0v) is 54.3. The minimum atomic E-state index is -4.29. The molecule has 518 valence electrons. The van der Waals surface area contributed by atoms with E-state index in [1.807, 2.05) is 12.5 Å². The molecule has 2 unspecified atom stereocenters. The molecule has 2 aliphatic heterocycles. The zero-order chi connectivity index (χ0) is 68.9. The van der Waals surface area contributed by atoms with Gasteiger partial charge >= 0.3 is 11.9 Å². The van der Waals surface area contributed by atoms with Crippen LogP contribution in [0.5, 0.6) is 0 Å². The van der Waals surface area contributed by atoms with Gasteiger partial charge in [0.05, 0.1) is 68.4 Å². The lowest BCUT2D eigenvalue weighted by atomic mass is 10.1. The van der Waals surface area contributed by atoms with E-state index in [1.54, 1.807) is 0 Å². The average Bonchev–Trinajstić information content (AvgIpc) is 1.68. The number of aliphatic hydroxyl groups excluding tert-OH is 4. The molecule has 6 heterocycles. The second-order valence-electron chi connectivity index (χ2n) is 19.8. The molecule has 0 spiro atoms. The standard InChI is InChI=1S/2C15H22N6O5S.3C4H10O6S2/c2*1-27(3-2-7(16)15(24)25)4-8-10(22)11(23)14(26-8)21-6-20-9-12(17)18-5-19-13(9)21;3*5-11(6,7)3-1-2-4-12(8,9)10/h2*5-8,10-11,14,22-23H,2-4,16H2,1H3,(H2-,17,18,19,24,25);3*1-4H2,(H,5,6,7)(H,8,9,10)/t7-,8+,10+,11+,14+,27?;7-,8+,10+,11-,14+,27?;;;/m00.../s1. The van der Waals surface area contributed by atoms with Crippen molar-refractivity contribution in [2.45, 2.75) is 113 Å². The van der Waals surface area contributed by atoms with E-state index in [-0.39, 0.29) is 72.0 Å². The Morgan fingerprint density at radius 2 is 0.789 bits per heavy atom. The van der Waals surface area contributed by atoms with E-state index < -0.39 is 168 Å². The third kappa shape index (κ3) is 31.4. The number of nitrogen functional groups attached to an aromatic ring is 2. The Bertz CT molecular complexity index is 3250. The van der Waals surface area contributed by atoms with Crippen molar-refractivity contribution in [2.24, 2.45) is 11.5 Å². The number of rotatable bonds is 29. The average molecular weight is 1450 g/mol. The van der Waals surface area contributed by atoms with Crippen molar-refractivity contribution in [3.63, 3.8) is 0 Å². The van der Waals surface area contributed by atoms with Gasteiger partial charge in [0.1, 0.15) is 95.4 Å². The highest BCUT2D eigenvalue weighted by molar-refractivity contribution is 7.96. The number of nitrogens with zero attached hydrogens (tertiary/aromatic N) is 8. The largest absolute Gasteiger partial charge is 0.748 e. The summed E-state index contributed by atoms with van der Waals surface area (Å²) in [5.74, 6) is -2.67. The first-order valence-corrected chi connectivity index (χ1v) is 39.5. The summed E-state index contributed by atoms with van der Waals surface area (Å²) < 4.78 is 188. The van der Waals surface area contributed by atoms with Gasteiger partial charge in [-0.25, -0.2) is 46.7 Å². The molecule has 4 aromatic rings. The number of hydrogen-bond acceptors (Lipinski definition) is 32. The molecule has 0 aliphatic carbocycles. The number of imidazole rings is 2. The molecular weight excluding hydrogens is 1380 g/mol. The smallest absolute Gasteiger partial charge is 0.320 e. The van der Waals surface area contributed by atoms with Crippen LogP contribution in [-0.4, -0.2) is 278 Å². The summed E-state index contributed by atoms with van der Waals surface area (Å²) in [4.78, 5) is 45.9. The van der Waals surface area contributed by atoms with Gasteiger partial charge in [-0.2, -0.15) is 33.7 Å². The summed E-state index contributed by atoms with van der Waals surface area (Å²) in [6, 6.07) is -1.81. The fourth-order valence-corrected chi connectivity index (χ4v) is 14.3. The van der Waals surface area contributed by atoms with Crippen LogP contribution >= 0.6 is 0 Å². The summed E-state index contributed by atoms with van der Waals surface area (Å²) in [6.07, 6.45) is 2.49. The number of aliphatic carboxylic acids is 2. The van der Waals surface area contributed by atoms with Gasteiger partial charge in [0, 0.05) is 24.3 Å². The summed E-state index contributed by atoms with van der Waals surface area (Å²) in [5.41, 5.74) is 24.2. The van der Waals surface area contributed by atoms with Crippen LogP contribution in [0.3, 0.4) is 0 Å². The first kappa shape index (κ1) is 81.6. The van der Waals surface area contributed by atoms with Crippen molar-refractivity contribution < 1.29 is 128 Å². The summed E-state index contributed by atoms with van der Waals surface area (Å²) in [5, 5.41) is 59.4. The lowest BCUT2D eigenvalue weighted by Gasteiger charge is -2.16. The molecule has 6 rings (SSSR count). The van der Waals surface area contributed by atoms with Crippen molar-refractivity contribution in [3.8, 4) is 0 Å². The molecular formula is C42H74N12O28S8. The van der Waals surface area contributed by atoms with Crippen LogP contribution < -0.4 is 22.9 Å². The fourth-order valence-electron chi connectivity index (χ4n) is 7.63. The fraction of sp³-hybridized carbons (Fsp3) is 0.714. The molecule has 48 heteroatoms. The second-order valence-corrected chi connectivity index (χ2v) is 33.8. The maximum atomic E-state index is 10.8. The van der Waals surface area contributed by atoms with Crippen molar-refractivity contribution >= 4 is 128 Å². The number of carbonyl (C=O) groups is 2. The van der Waals surface area contributed by atoms with Gasteiger partial charge in [-0.15, -0.1) is 0 Å². The summed E-state index contributed by atoms with van der Waals surface area (Å²) in [6.45, 7) is 0. The van der Waals surface area contributed by atoms with Crippen LogP contribution in [0.15, 0.2) is 25.3 Å². The van der Waals surface area contributed by atoms with E-state index in [2.05, 4.69) is 29.9 Å². The molecule has 0 aromatic carbocycles. The monoisotopic (exact) mass is 1450 g/mol. The molecule has 0 radical (unpaired) electrons. The van der Waals surface area contributed by atoms with Crippen LogP contribution in [0.1, 0.15) is 63.8 Å². The Morgan fingerprint density at radius 1 is 0.511 bits per heavy atom. The molecule has 2 aliphatic rings. The molecule has 4 aromatic heterocycles. The quantitative estimate of drug-likeness (QED) is 0.0137. The SMILES string of the molecule is C[S+](CC[C@H](N)C(=O)O)C[C@H]1O[C@@H](n2cnc3c(N)ncnc32)[C@@H](O)[C@@H]1O.C[S+](CC[C@H](N)C(=O)O)C[C@H]1O[C@@H](n2cnc3c(N)ncnc32)[C@H](O)[C@@H]1O.O=S(=O)(O)CCCCS(=O)(=O)O.O=S(=O)(O)CCCCS(=O)(=O)O.O=S(=O)([O-])CCCCS(=O)(=O)[O-]. The number of aromatic nitrogens is 8. The number of unbranched alkanes of at least 4 members (excludes halogenated alkanes) is 3. The first-order chi connectivity index (χ1) is 41.2. The highest BCUT2D eigenvalue weighted by atomic mass is 32.2. The second kappa shape index (κ2) is 36.2. The highest BCUT2D eigenvalue weighted by Gasteiger charge is 2.48. The molecule has 18 N–H and O–H groups in total. The summed E-state index contributed by atoms with van der Waals surface area (Å²) in [7, 11) is -25.1. The molecule has 0 bridgehead atoms. The van der Waals surface area contributed by atoms with Crippen LogP contribution in [0.4, 0.5) is 11.6 Å². The Morgan fingerprint density at radius 3 is 1.04 bits per heavy atom. The zero-order valence-electron chi connectivity index (χ0n) is 47.8. The van der Waals surface area contributed by atoms with E-state index in [1.165, 1.54) is 34.4 Å².